The number of aromatic amines is 1. The average Bonchev–Trinajstić information content (AvgIpc) is 2.51. The van der Waals surface area contributed by atoms with Crippen LogP contribution in [0.4, 0.5) is 5.69 Å². The Kier molecular flexibility index (Phi) is 2.75. The molecule has 0 aliphatic carbocycles. The molecule has 0 aliphatic heterocycles. The number of benzene rings is 1. The molecule has 0 amide bonds. The fourth-order valence-electron chi connectivity index (χ4n) is 1.82. The summed E-state index contributed by atoms with van der Waals surface area (Å²) in [6, 6.07) is 5.01. The molecule has 2 rings (SSSR count). The van der Waals surface area contributed by atoms with E-state index in [1.807, 2.05) is 13.8 Å². The SMILES string of the molecule is CC(C)CC(=O)n1c(=O)[nH]c2cc(N)ccc21. The van der Waals surface area contributed by atoms with Crippen LogP contribution >= 0.6 is 0 Å². The fourth-order valence-corrected chi connectivity index (χ4v) is 1.82. The van der Waals surface area contributed by atoms with Crippen molar-refractivity contribution < 1.29 is 4.79 Å². The van der Waals surface area contributed by atoms with E-state index in [0.717, 1.165) is 0 Å². The number of H-pyrrole nitrogens is 1. The molecule has 0 unspecified atom stereocenters. The number of aromatic nitrogens is 2. The average molecular weight is 233 g/mol. The lowest BCUT2D eigenvalue weighted by atomic mass is 10.1. The third-order valence-electron chi connectivity index (χ3n) is 2.54. The Labute approximate surface area is 98.2 Å². The van der Waals surface area contributed by atoms with E-state index >= 15 is 0 Å². The quantitative estimate of drug-likeness (QED) is 0.773. The summed E-state index contributed by atoms with van der Waals surface area (Å²) in [7, 11) is 0. The summed E-state index contributed by atoms with van der Waals surface area (Å²) in [6.45, 7) is 3.88. The Balaban J connectivity index is 2.57. The second-order valence-electron chi connectivity index (χ2n) is 4.53. The maximum Gasteiger partial charge on any atom is 0.333 e. The van der Waals surface area contributed by atoms with Crippen molar-refractivity contribution in [1.82, 2.24) is 9.55 Å². The number of carbonyl (C=O) groups is 1. The van der Waals surface area contributed by atoms with Crippen LogP contribution in [0.25, 0.3) is 11.0 Å². The standard InChI is InChI=1S/C12H15N3O2/c1-7(2)5-11(16)15-10-4-3-8(13)6-9(10)14-12(15)17/h3-4,6-7H,5,13H2,1-2H3,(H,14,17). The number of nitrogens with two attached hydrogens (primary N) is 1. The molecule has 17 heavy (non-hydrogen) atoms. The Hall–Kier alpha value is -2.04. The van der Waals surface area contributed by atoms with Crippen LogP contribution in [0.3, 0.4) is 0 Å². The summed E-state index contributed by atoms with van der Waals surface area (Å²) >= 11 is 0. The van der Waals surface area contributed by atoms with Crippen molar-refractivity contribution in [2.75, 3.05) is 5.73 Å². The van der Waals surface area contributed by atoms with Gasteiger partial charge in [0.1, 0.15) is 0 Å². The van der Waals surface area contributed by atoms with E-state index in [2.05, 4.69) is 4.98 Å². The predicted molar refractivity (Wildman–Crippen MR) is 67.1 cm³/mol. The highest BCUT2D eigenvalue weighted by Gasteiger charge is 2.14. The smallest absolute Gasteiger partial charge is 0.333 e. The van der Waals surface area contributed by atoms with Gasteiger partial charge in [0.05, 0.1) is 11.0 Å². The summed E-state index contributed by atoms with van der Waals surface area (Å²) < 4.78 is 1.18. The van der Waals surface area contributed by atoms with Gasteiger partial charge in [0.25, 0.3) is 0 Å². The first-order chi connectivity index (χ1) is 7.99. The number of hydrogen-bond donors (Lipinski definition) is 2. The lowest BCUT2D eigenvalue weighted by Gasteiger charge is -2.04. The van der Waals surface area contributed by atoms with E-state index in [1.165, 1.54) is 4.57 Å². The van der Waals surface area contributed by atoms with E-state index in [-0.39, 0.29) is 11.8 Å². The van der Waals surface area contributed by atoms with Crippen molar-refractivity contribution in [3.05, 3.63) is 28.7 Å². The van der Waals surface area contributed by atoms with Crippen LogP contribution in [-0.2, 0) is 0 Å². The van der Waals surface area contributed by atoms with Crippen LogP contribution in [0.5, 0.6) is 0 Å². The number of fused-ring (bicyclic) bond motifs is 1. The molecule has 2 aromatic rings. The van der Waals surface area contributed by atoms with Gasteiger partial charge in [0.15, 0.2) is 0 Å². The molecular formula is C12H15N3O2. The van der Waals surface area contributed by atoms with Gasteiger partial charge in [-0.25, -0.2) is 9.36 Å². The third-order valence-corrected chi connectivity index (χ3v) is 2.54. The molecule has 0 fully saturated rings. The molecule has 1 aromatic carbocycles. The molecule has 0 aliphatic rings. The first kappa shape index (κ1) is 11.4. The Bertz CT molecular complexity index is 622. The van der Waals surface area contributed by atoms with Gasteiger partial charge in [-0.15, -0.1) is 0 Å². The molecule has 5 heteroatoms. The number of nitrogens with one attached hydrogen (secondary N) is 1. The minimum atomic E-state index is -0.406. The molecule has 90 valence electrons. The number of imidazole rings is 1. The third kappa shape index (κ3) is 2.08. The summed E-state index contributed by atoms with van der Waals surface area (Å²) in [5.41, 5.74) is 6.94. The van der Waals surface area contributed by atoms with Gasteiger partial charge >= 0.3 is 5.69 Å². The van der Waals surface area contributed by atoms with Gasteiger partial charge in [-0.05, 0) is 24.1 Å². The van der Waals surface area contributed by atoms with Gasteiger partial charge < -0.3 is 10.7 Å². The number of rotatable bonds is 2. The second-order valence-corrected chi connectivity index (χ2v) is 4.53. The van der Waals surface area contributed by atoms with Gasteiger partial charge in [0, 0.05) is 12.1 Å². The summed E-state index contributed by atoms with van der Waals surface area (Å²) in [5, 5.41) is 0. The molecule has 0 saturated heterocycles. The van der Waals surface area contributed by atoms with Crippen LogP contribution in [0, 0.1) is 5.92 Å². The van der Waals surface area contributed by atoms with Crippen molar-refractivity contribution in [1.29, 1.82) is 0 Å². The molecule has 0 radical (unpaired) electrons. The highest BCUT2D eigenvalue weighted by Crippen LogP contribution is 2.15. The largest absolute Gasteiger partial charge is 0.399 e. The molecule has 1 heterocycles. The minimum Gasteiger partial charge on any atom is -0.399 e. The molecule has 0 spiro atoms. The Morgan fingerprint density at radius 3 is 2.82 bits per heavy atom. The molecule has 5 nitrogen and oxygen atoms in total. The van der Waals surface area contributed by atoms with E-state index in [1.54, 1.807) is 18.2 Å². The van der Waals surface area contributed by atoms with Crippen LogP contribution in [-0.4, -0.2) is 15.5 Å². The van der Waals surface area contributed by atoms with Crippen molar-refractivity contribution in [2.24, 2.45) is 5.92 Å². The number of hydrogen-bond acceptors (Lipinski definition) is 3. The van der Waals surface area contributed by atoms with E-state index in [0.29, 0.717) is 23.1 Å². The predicted octanol–water partition coefficient (Wildman–Crippen LogP) is 1.60. The van der Waals surface area contributed by atoms with E-state index in [4.69, 9.17) is 5.73 Å². The normalized spacial score (nSPS) is 11.2. The maximum absolute atomic E-state index is 11.9. The zero-order valence-electron chi connectivity index (χ0n) is 9.86. The molecular weight excluding hydrogens is 218 g/mol. The van der Waals surface area contributed by atoms with Crippen molar-refractivity contribution in [3.63, 3.8) is 0 Å². The minimum absolute atomic E-state index is 0.193. The molecule has 1 aromatic heterocycles. The first-order valence-corrected chi connectivity index (χ1v) is 5.52. The van der Waals surface area contributed by atoms with Crippen LogP contribution < -0.4 is 11.4 Å². The van der Waals surface area contributed by atoms with Gasteiger partial charge in [0.2, 0.25) is 5.91 Å². The van der Waals surface area contributed by atoms with Crippen LogP contribution in [0.2, 0.25) is 0 Å². The van der Waals surface area contributed by atoms with Crippen molar-refractivity contribution in [3.8, 4) is 0 Å². The van der Waals surface area contributed by atoms with Gasteiger partial charge in [-0.2, -0.15) is 0 Å². The number of carbonyl (C=O) groups excluding carboxylic acids is 1. The summed E-state index contributed by atoms with van der Waals surface area (Å²) in [6.07, 6.45) is 0.344. The summed E-state index contributed by atoms with van der Waals surface area (Å²) in [4.78, 5) is 26.3. The second kappa shape index (κ2) is 4.08. The van der Waals surface area contributed by atoms with E-state index < -0.39 is 5.69 Å². The monoisotopic (exact) mass is 233 g/mol. The lowest BCUT2D eigenvalue weighted by molar-refractivity contribution is 0.0888. The Morgan fingerprint density at radius 2 is 2.18 bits per heavy atom. The topological polar surface area (TPSA) is 80.9 Å². The Morgan fingerprint density at radius 1 is 1.47 bits per heavy atom. The molecule has 0 saturated carbocycles. The molecule has 0 bridgehead atoms. The molecule has 0 atom stereocenters. The lowest BCUT2D eigenvalue weighted by Crippen LogP contribution is -2.25. The highest BCUT2D eigenvalue weighted by molar-refractivity contribution is 5.91. The molecule has 3 N–H and O–H groups in total. The van der Waals surface area contributed by atoms with E-state index in [9.17, 15) is 9.59 Å². The fraction of sp³-hybridized carbons (Fsp3) is 0.333. The number of anilines is 1. The first-order valence-electron chi connectivity index (χ1n) is 5.52. The van der Waals surface area contributed by atoms with Gasteiger partial charge in [-0.1, -0.05) is 13.8 Å². The zero-order valence-corrected chi connectivity index (χ0v) is 9.86. The highest BCUT2D eigenvalue weighted by atomic mass is 16.2. The van der Waals surface area contributed by atoms with Gasteiger partial charge in [-0.3, -0.25) is 4.79 Å². The van der Waals surface area contributed by atoms with Crippen LogP contribution in [0.1, 0.15) is 25.1 Å². The number of nitrogens with zero attached hydrogens (tertiary/aromatic N) is 1. The maximum atomic E-state index is 11.9. The van der Waals surface area contributed by atoms with Crippen molar-refractivity contribution in [2.45, 2.75) is 20.3 Å². The zero-order chi connectivity index (χ0) is 12.6. The van der Waals surface area contributed by atoms with Crippen LogP contribution in [0.15, 0.2) is 23.0 Å². The number of nitrogen functional groups attached to an aromatic ring is 1. The van der Waals surface area contributed by atoms with Crippen molar-refractivity contribution >= 4 is 22.6 Å². The summed E-state index contributed by atoms with van der Waals surface area (Å²) in [5.74, 6) is 0.0224.